The van der Waals surface area contributed by atoms with Crippen molar-refractivity contribution in [1.29, 1.82) is 0 Å². The minimum absolute atomic E-state index is 0.0609. The number of carbonyl (C=O) groups is 1. The summed E-state index contributed by atoms with van der Waals surface area (Å²) in [5, 5.41) is 3.50. The number of nitrogens with one attached hydrogen (secondary N) is 1. The number of hydrogen-bond donors (Lipinski definition) is 1. The van der Waals surface area contributed by atoms with E-state index in [-0.39, 0.29) is 23.2 Å². The van der Waals surface area contributed by atoms with E-state index in [1.807, 2.05) is 12.3 Å². The summed E-state index contributed by atoms with van der Waals surface area (Å²) in [5.74, 6) is 0.691. The molecule has 1 N–H and O–H groups in total. The molecule has 5 heterocycles. The van der Waals surface area contributed by atoms with Crippen molar-refractivity contribution >= 4 is 11.6 Å². The average molecular weight is 437 g/mol. The van der Waals surface area contributed by atoms with Crippen LogP contribution in [0, 0.1) is 17.7 Å². The summed E-state index contributed by atoms with van der Waals surface area (Å²) in [6.07, 6.45) is 7.01. The topological polar surface area (TPSA) is 48.5 Å². The van der Waals surface area contributed by atoms with Crippen molar-refractivity contribution in [2.45, 2.75) is 44.6 Å². The van der Waals surface area contributed by atoms with Gasteiger partial charge in [-0.15, -0.1) is 0 Å². The quantitative estimate of drug-likeness (QED) is 0.784. The van der Waals surface area contributed by atoms with Gasteiger partial charge in [0.2, 0.25) is 5.91 Å². The van der Waals surface area contributed by atoms with Crippen molar-refractivity contribution in [1.82, 2.24) is 15.2 Å². The molecule has 4 aliphatic rings. The number of carbonyl (C=O) groups excluding carboxylic acids is 1. The van der Waals surface area contributed by atoms with Crippen LogP contribution in [0.5, 0.6) is 0 Å². The molecule has 1 atom stereocenters. The summed E-state index contributed by atoms with van der Waals surface area (Å²) >= 11 is 0. The fraction of sp³-hybridized carbons (Fsp3) is 0.538. The Labute approximate surface area is 190 Å². The molecule has 0 saturated carbocycles. The molecule has 1 unspecified atom stereocenters. The summed E-state index contributed by atoms with van der Waals surface area (Å²) in [6, 6.07) is 10.5. The third-order valence-electron chi connectivity index (χ3n) is 7.96. The molecule has 0 radical (unpaired) electrons. The fourth-order valence-corrected chi connectivity index (χ4v) is 5.73. The van der Waals surface area contributed by atoms with E-state index in [0.717, 1.165) is 55.8 Å². The molecule has 4 saturated heterocycles. The molecule has 170 valence electrons. The Hall–Kier alpha value is -2.47. The molecule has 2 aromatic rings. The van der Waals surface area contributed by atoms with Gasteiger partial charge >= 0.3 is 0 Å². The summed E-state index contributed by atoms with van der Waals surface area (Å²) in [4.78, 5) is 22.5. The van der Waals surface area contributed by atoms with Crippen LogP contribution in [0.15, 0.2) is 42.6 Å². The van der Waals surface area contributed by atoms with Crippen LogP contribution in [-0.2, 0) is 4.79 Å². The maximum atomic E-state index is 13.2. The van der Waals surface area contributed by atoms with Crippen molar-refractivity contribution < 1.29 is 9.18 Å². The van der Waals surface area contributed by atoms with Crippen molar-refractivity contribution in [3.05, 3.63) is 48.4 Å². The van der Waals surface area contributed by atoms with Gasteiger partial charge in [-0.1, -0.05) is 0 Å². The molecule has 4 fully saturated rings. The molecule has 0 spiro atoms. The Morgan fingerprint density at radius 2 is 1.75 bits per heavy atom. The molecule has 1 aromatic heterocycles. The normalized spacial score (nSPS) is 28.4. The van der Waals surface area contributed by atoms with Gasteiger partial charge in [-0.25, -0.2) is 4.39 Å². The largest absolute Gasteiger partial charge is 0.371 e. The van der Waals surface area contributed by atoms with Gasteiger partial charge in [0.1, 0.15) is 5.82 Å². The zero-order valence-electron chi connectivity index (χ0n) is 18.9. The highest BCUT2D eigenvalue weighted by atomic mass is 19.1. The van der Waals surface area contributed by atoms with Gasteiger partial charge < -0.3 is 15.1 Å². The summed E-state index contributed by atoms with van der Waals surface area (Å²) in [5.41, 5.74) is 2.80. The second-order valence-corrected chi connectivity index (χ2v) is 9.94. The maximum Gasteiger partial charge on any atom is 0.223 e. The number of fused-ring (bicyclic) bond motifs is 4. The van der Waals surface area contributed by atoms with E-state index < -0.39 is 0 Å². The van der Waals surface area contributed by atoms with Crippen LogP contribution in [0.2, 0.25) is 0 Å². The summed E-state index contributed by atoms with van der Waals surface area (Å²) in [6.45, 7) is 7.45. The molecular weight excluding hydrogens is 403 g/mol. The number of anilines is 1. The van der Waals surface area contributed by atoms with Crippen LogP contribution in [-0.4, -0.2) is 54.1 Å². The Morgan fingerprint density at radius 3 is 2.47 bits per heavy atom. The monoisotopic (exact) mass is 436 g/mol. The van der Waals surface area contributed by atoms with Gasteiger partial charge in [0.25, 0.3) is 0 Å². The molecular formula is C26H33FN4O. The third kappa shape index (κ3) is 4.38. The van der Waals surface area contributed by atoms with E-state index in [4.69, 9.17) is 0 Å². The molecule has 6 rings (SSSR count). The number of amides is 1. The number of nitrogens with zero attached hydrogens (tertiary/aromatic N) is 3. The SMILES string of the molecule is CC1(NC(=O)C2CCN(c3ccnc(-c4ccc(F)cc4)c3)CC2)CCN2CCC1CC2. The molecule has 0 aliphatic carbocycles. The van der Waals surface area contributed by atoms with Gasteiger partial charge in [-0.3, -0.25) is 9.78 Å². The molecule has 1 amide bonds. The number of hydrogen-bond acceptors (Lipinski definition) is 4. The molecule has 6 heteroatoms. The Balaban J connectivity index is 1.20. The number of pyridine rings is 1. The first kappa shape index (κ1) is 21.4. The second-order valence-electron chi connectivity index (χ2n) is 9.94. The minimum Gasteiger partial charge on any atom is -0.371 e. The van der Waals surface area contributed by atoms with Crippen molar-refractivity contribution in [3.63, 3.8) is 0 Å². The Morgan fingerprint density at radius 1 is 1.03 bits per heavy atom. The van der Waals surface area contributed by atoms with E-state index in [2.05, 4.69) is 33.1 Å². The van der Waals surface area contributed by atoms with Crippen molar-refractivity contribution in [2.75, 3.05) is 37.6 Å². The van der Waals surface area contributed by atoms with Gasteiger partial charge in [0, 0.05) is 48.5 Å². The third-order valence-corrected chi connectivity index (χ3v) is 7.96. The number of benzene rings is 1. The lowest BCUT2D eigenvalue weighted by Gasteiger charge is -2.40. The number of piperidine rings is 2. The lowest BCUT2D eigenvalue weighted by atomic mass is 9.78. The van der Waals surface area contributed by atoms with Crippen molar-refractivity contribution in [2.24, 2.45) is 11.8 Å². The van der Waals surface area contributed by atoms with Crippen LogP contribution in [0.3, 0.4) is 0 Å². The number of halogens is 1. The minimum atomic E-state index is -0.242. The molecule has 2 bridgehead atoms. The van der Waals surface area contributed by atoms with Crippen LogP contribution in [0.25, 0.3) is 11.3 Å². The predicted molar refractivity (Wildman–Crippen MR) is 125 cm³/mol. The highest BCUT2D eigenvalue weighted by molar-refractivity contribution is 5.80. The lowest BCUT2D eigenvalue weighted by molar-refractivity contribution is -0.128. The lowest BCUT2D eigenvalue weighted by Crippen LogP contribution is -2.54. The first-order valence-corrected chi connectivity index (χ1v) is 12.0. The smallest absolute Gasteiger partial charge is 0.223 e. The van der Waals surface area contributed by atoms with E-state index >= 15 is 0 Å². The highest BCUT2D eigenvalue weighted by Gasteiger charge is 2.42. The van der Waals surface area contributed by atoms with Crippen LogP contribution in [0.1, 0.15) is 39.0 Å². The zero-order valence-corrected chi connectivity index (χ0v) is 18.9. The summed E-state index contributed by atoms with van der Waals surface area (Å²) < 4.78 is 13.2. The fourth-order valence-electron chi connectivity index (χ4n) is 5.73. The first-order chi connectivity index (χ1) is 15.5. The van der Waals surface area contributed by atoms with Gasteiger partial charge in [-0.2, -0.15) is 0 Å². The van der Waals surface area contributed by atoms with Gasteiger partial charge in [0.15, 0.2) is 0 Å². The number of rotatable bonds is 4. The average Bonchev–Trinajstić information content (AvgIpc) is 3.08. The second kappa shape index (κ2) is 8.81. The standard InChI is InChI=1S/C26H33FN4O/c1-26(11-17-30-13-9-21(26)10-14-30)29-25(32)20-7-15-31(16-8-20)23-6-12-28-24(18-23)19-2-4-22(27)5-3-19/h2-6,12,18,20-21H,7-11,13-17H2,1H3,(H,29,32). The predicted octanol–water partition coefficient (Wildman–Crippen LogP) is 4.09. The first-order valence-electron chi connectivity index (χ1n) is 12.0. The molecule has 4 aliphatic heterocycles. The molecule has 32 heavy (non-hydrogen) atoms. The van der Waals surface area contributed by atoms with Gasteiger partial charge in [-0.05, 0) is 94.4 Å². The van der Waals surface area contributed by atoms with E-state index in [1.165, 1.54) is 38.1 Å². The number of aromatic nitrogens is 1. The van der Waals surface area contributed by atoms with Crippen LogP contribution >= 0.6 is 0 Å². The van der Waals surface area contributed by atoms with Crippen LogP contribution < -0.4 is 10.2 Å². The van der Waals surface area contributed by atoms with Crippen molar-refractivity contribution in [3.8, 4) is 11.3 Å². The highest BCUT2D eigenvalue weighted by Crippen LogP contribution is 2.36. The van der Waals surface area contributed by atoms with E-state index in [1.54, 1.807) is 12.1 Å². The molecule has 1 aromatic carbocycles. The zero-order chi connectivity index (χ0) is 22.1. The summed E-state index contributed by atoms with van der Waals surface area (Å²) in [7, 11) is 0. The maximum absolute atomic E-state index is 13.2. The Kier molecular flexibility index (Phi) is 5.89. The van der Waals surface area contributed by atoms with E-state index in [9.17, 15) is 9.18 Å². The van der Waals surface area contributed by atoms with Gasteiger partial charge in [0.05, 0.1) is 5.69 Å². The van der Waals surface area contributed by atoms with E-state index in [0.29, 0.717) is 5.92 Å². The molecule has 5 nitrogen and oxygen atoms in total. The van der Waals surface area contributed by atoms with Crippen LogP contribution in [0.4, 0.5) is 10.1 Å². The Bertz CT molecular complexity index is 949.